The Hall–Kier alpha value is -2.37. The van der Waals surface area contributed by atoms with Gasteiger partial charge in [0.15, 0.2) is 0 Å². The molecule has 1 heterocycles. The zero-order valence-corrected chi connectivity index (χ0v) is 14.1. The lowest BCUT2D eigenvalue weighted by atomic mass is 10.1. The summed E-state index contributed by atoms with van der Waals surface area (Å²) in [6, 6.07) is 12.6. The van der Waals surface area contributed by atoms with Gasteiger partial charge in [-0.05, 0) is 43.3 Å². The van der Waals surface area contributed by atoms with Crippen LogP contribution in [0.3, 0.4) is 0 Å². The largest absolute Gasteiger partial charge is 0.497 e. The number of hydrogen-bond acceptors (Lipinski definition) is 4. The van der Waals surface area contributed by atoms with Crippen molar-refractivity contribution >= 4 is 22.5 Å². The Kier molecular flexibility index (Phi) is 4.83. The highest BCUT2D eigenvalue weighted by molar-refractivity contribution is 6.31. The number of aromatic nitrogens is 2. The molecule has 0 unspecified atom stereocenters. The summed E-state index contributed by atoms with van der Waals surface area (Å²) in [5.41, 5.74) is 6.94. The van der Waals surface area contributed by atoms with E-state index in [2.05, 4.69) is 4.98 Å². The molecule has 0 radical (unpaired) electrons. The molecule has 2 N–H and O–H groups in total. The molecule has 5 nitrogen and oxygen atoms in total. The zero-order chi connectivity index (χ0) is 17.1. The normalized spacial score (nSPS) is 11.0. The first-order chi connectivity index (χ1) is 11.6. The fourth-order valence-electron chi connectivity index (χ4n) is 2.63. The molecule has 0 bridgehead atoms. The third kappa shape index (κ3) is 3.13. The number of nitrogens with zero attached hydrogens (tertiary/aromatic N) is 2. The third-order valence-corrected chi connectivity index (χ3v) is 4.07. The summed E-state index contributed by atoms with van der Waals surface area (Å²) in [7, 11) is 1.61. The van der Waals surface area contributed by atoms with Crippen LogP contribution in [-0.4, -0.2) is 23.2 Å². The van der Waals surface area contributed by atoms with Gasteiger partial charge in [-0.3, -0.25) is 9.36 Å². The van der Waals surface area contributed by atoms with Gasteiger partial charge in [0.25, 0.3) is 5.56 Å². The maximum absolute atomic E-state index is 12.9. The quantitative estimate of drug-likeness (QED) is 0.773. The summed E-state index contributed by atoms with van der Waals surface area (Å²) in [4.78, 5) is 17.6. The third-order valence-electron chi connectivity index (χ3n) is 3.83. The van der Waals surface area contributed by atoms with Crippen molar-refractivity contribution in [2.75, 3.05) is 13.7 Å². The maximum Gasteiger partial charge on any atom is 0.261 e. The lowest BCUT2D eigenvalue weighted by Crippen LogP contribution is -2.24. The van der Waals surface area contributed by atoms with Gasteiger partial charge in [-0.2, -0.15) is 0 Å². The summed E-state index contributed by atoms with van der Waals surface area (Å²) in [6.07, 6.45) is 0.685. The Morgan fingerprint density at radius 3 is 2.83 bits per heavy atom. The van der Waals surface area contributed by atoms with Crippen LogP contribution >= 0.6 is 11.6 Å². The van der Waals surface area contributed by atoms with Gasteiger partial charge >= 0.3 is 0 Å². The van der Waals surface area contributed by atoms with Crippen molar-refractivity contribution in [3.05, 3.63) is 57.8 Å². The average molecular weight is 344 g/mol. The van der Waals surface area contributed by atoms with Crippen molar-refractivity contribution in [3.8, 4) is 17.1 Å². The van der Waals surface area contributed by atoms with E-state index in [1.54, 1.807) is 29.9 Å². The number of fused-ring (bicyclic) bond motifs is 1. The molecule has 0 spiro atoms. The zero-order valence-electron chi connectivity index (χ0n) is 13.3. The second-order valence-electron chi connectivity index (χ2n) is 5.43. The predicted octanol–water partition coefficient (Wildman–Crippen LogP) is 3.07. The average Bonchev–Trinajstić information content (AvgIpc) is 2.61. The van der Waals surface area contributed by atoms with E-state index in [1.165, 1.54) is 0 Å². The van der Waals surface area contributed by atoms with E-state index in [0.717, 1.165) is 5.56 Å². The molecule has 0 saturated heterocycles. The number of rotatable bonds is 5. The van der Waals surface area contributed by atoms with E-state index in [0.29, 0.717) is 47.0 Å². The standard InChI is InChI=1S/C18H18ClN3O2/c1-24-14-5-2-4-12(10-14)17-21-16-7-6-13(19)11-15(16)18(23)22(17)9-3-8-20/h2,4-7,10-11H,3,8-9,20H2,1H3. The van der Waals surface area contributed by atoms with Crippen LogP contribution in [0, 0.1) is 0 Å². The molecule has 1 aromatic heterocycles. The number of halogens is 1. The Balaban J connectivity index is 2.28. The Labute approximate surface area is 144 Å². The highest BCUT2D eigenvalue weighted by Gasteiger charge is 2.13. The van der Waals surface area contributed by atoms with Crippen LogP contribution in [0.5, 0.6) is 5.75 Å². The molecule has 0 atom stereocenters. The fourth-order valence-corrected chi connectivity index (χ4v) is 2.80. The van der Waals surface area contributed by atoms with Crippen LogP contribution in [-0.2, 0) is 6.54 Å². The summed E-state index contributed by atoms with van der Waals surface area (Å²) in [6.45, 7) is 0.995. The number of nitrogens with two attached hydrogens (primary N) is 1. The van der Waals surface area contributed by atoms with E-state index in [1.807, 2.05) is 24.3 Å². The molecule has 3 rings (SSSR count). The molecular weight excluding hydrogens is 326 g/mol. The van der Waals surface area contributed by atoms with Gasteiger partial charge in [-0.25, -0.2) is 4.98 Å². The fraction of sp³-hybridized carbons (Fsp3) is 0.222. The highest BCUT2D eigenvalue weighted by atomic mass is 35.5. The minimum Gasteiger partial charge on any atom is -0.497 e. The van der Waals surface area contributed by atoms with Crippen molar-refractivity contribution in [1.82, 2.24) is 9.55 Å². The van der Waals surface area contributed by atoms with Gasteiger partial charge in [0, 0.05) is 17.1 Å². The maximum atomic E-state index is 12.9. The first-order valence-electron chi connectivity index (χ1n) is 7.68. The van der Waals surface area contributed by atoms with Gasteiger partial charge in [-0.15, -0.1) is 0 Å². The smallest absolute Gasteiger partial charge is 0.261 e. The molecule has 6 heteroatoms. The van der Waals surface area contributed by atoms with E-state index >= 15 is 0 Å². The Morgan fingerprint density at radius 2 is 2.08 bits per heavy atom. The summed E-state index contributed by atoms with van der Waals surface area (Å²) >= 11 is 6.03. The van der Waals surface area contributed by atoms with E-state index in [9.17, 15) is 4.79 Å². The van der Waals surface area contributed by atoms with Crippen LogP contribution in [0.2, 0.25) is 5.02 Å². The van der Waals surface area contributed by atoms with Crippen molar-refractivity contribution in [3.63, 3.8) is 0 Å². The Bertz CT molecular complexity index is 937. The second-order valence-corrected chi connectivity index (χ2v) is 5.86. The van der Waals surface area contributed by atoms with Crippen LogP contribution < -0.4 is 16.0 Å². The monoisotopic (exact) mass is 343 g/mol. The minimum atomic E-state index is -0.117. The van der Waals surface area contributed by atoms with Crippen LogP contribution in [0.1, 0.15) is 6.42 Å². The molecule has 0 amide bonds. The van der Waals surface area contributed by atoms with Crippen LogP contribution in [0.4, 0.5) is 0 Å². The molecule has 0 fully saturated rings. The van der Waals surface area contributed by atoms with Crippen LogP contribution in [0.15, 0.2) is 47.3 Å². The molecule has 0 saturated carbocycles. The topological polar surface area (TPSA) is 70.1 Å². The molecule has 0 aliphatic heterocycles. The molecule has 0 aliphatic rings. The molecule has 2 aromatic carbocycles. The summed E-state index contributed by atoms with van der Waals surface area (Å²) < 4.78 is 6.93. The molecular formula is C18H18ClN3O2. The second kappa shape index (κ2) is 7.03. The number of ether oxygens (including phenoxy) is 1. The number of methoxy groups -OCH3 is 1. The highest BCUT2D eigenvalue weighted by Crippen LogP contribution is 2.24. The molecule has 124 valence electrons. The Morgan fingerprint density at radius 1 is 1.25 bits per heavy atom. The number of benzene rings is 2. The molecule has 0 aliphatic carbocycles. The summed E-state index contributed by atoms with van der Waals surface area (Å²) in [5.74, 6) is 1.31. The van der Waals surface area contributed by atoms with Gasteiger partial charge in [0.2, 0.25) is 0 Å². The van der Waals surface area contributed by atoms with Crippen LogP contribution in [0.25, 0.3) is 22.3 Å². The molecule has 24 heavy (non-hydrogen) atoms. The van der Waals surface area contributed by atoms with E-state index in [-0.39, 0.29) is 5.56 Å². The van der Waals surface area contributed by atoms with Crippen molar-refractivity contribution in [2.45, 2.75) is 13.0 Å². The van der Waals surface area contributed by atoms with Gasteiger partial charge in [0.05, 0.1) is 18.0 Å². The molecule has 3 aromatic rings. The lowest BCUT2D eigenvalue weighted by molar-refractivity contribution is 0.415. The van der Waals surface area contributed by atoms with Crippen molar-refractivity contribution in [1.29, 1.82) is 0 Å². The van der Waals surface area contributed by atoms with Gasteiger partial charge in [0.1, 0.15) is 11.6 Å². The minimum absolute atomic E-state index is 0.117. The van der Waals surface area contributed by atoms with Gasteiger partial charge in [-0.1, -0.05) is 23.7 Å². The van der Waals surface area contributed by atoms with Gasteiger partial charge < -0.3 is 10.5 Å². The van der Waals surface area contributed by atoms with Crippen molar-refractivity contribution in [2.24, 2.45) is 5.73 Å². The van der Waals surface area contributed by atoms with E-state index in [4.69, 9.17) is 22.1 Å². The van der Waals surface area contributed by atoms with Crippen molar-refractivity contribution < 1.29 is 4.74 Å². The SMILES string of the molecule is COc1cccc(-c2nc3ccc(Cl)cc3c(=O)n2CCCN)c1. The number of hydrogen-bond donors (Lipinski definition) is 1. The first kappa shape index (κ1) is 16.5. The lowest BCUT2D eigenvalue weighted by Gasteiger charge is -2.14. The summed E-state index contributed by atoms with van der Waals surface area (Å²) in [5, 5.41) is 1.02. The van der Waals surface area contributed by atoms with E-state index < -0.39 is 0 Å². The first-order valence-corrected chi connectivity index (χ1v) is 8.06. The predicted molar refractivity (Wildman–Crippen MR) is 96.7 cm³/mol.